The number of hydrogen-bond donors (Lipinski definition) is 1. The molecule has 0 radical (unpaired) electrons. The molecule has 0 aromatic heterocycles. The van der Waals surface area contributed by atoms with Gasteiger partial charge in [-0.15, -0.1) is 0 Å². The van der Waals surface area contributed by atoms with Crippen molar-refractivity contribution in [3.8, 4) is 0 Å². The van der Waals surface area contributed by atoms with Gasteiger partial charge in [0.2, 0.25) is 0 Å². The lowest BCUT2D eigenvalue weighted by Gasteiger charge is -2.45. The lowest BCUT2D eigenvalue weighted by atomic mass is 9.88. The van der Waals surface area contributed by atoms with Gasteiger partial charge in [0.25, 0.3) is 0 Å². The topological polar surface area (TPSA) is 60.9 Å². The molecule has 2 rings (SSSR count). The van der Waals surface area contributed by atoms with Gasteiger partial charge in [-0.3, -0.25) is 0 Å². The first kappa shape index (κ1) is 15.1. The second-order valence-electron chi connectivity index (χ2n) is 6.31. The van der Waals surface area contributed by atoms with Crippen LogP contribution in [0.1, 0.15) is 52.4 Å². The van der Waals surface area contributed by atoms with E-state index in [0.717, 1.165) is 38.8 Å². The Morgan fingerprint density at radius 3 is 2.40 bits per heavy atom. The Balaban J connectivity index is 2.05. The fraction of sp³-hybridized carbons (Fsp3) is 0.867. The summed E-state index contributed by atoms with van der Waals surface area (Å²) in [6, 6.07) is -0.0795. The van der Waals surface area contributed by atoms with Gasteiger partial charge in [-0.2, -0.15) is 0 Å². The van der Waals surface area contributed by atoms with Crippen LogP contribution in [-0.2, 0) is 4.79 Å². The summed E-state index contributed by atoms with van der Waals surface area (Å²) >= 11 is 0. The van der Waals surface area contributed by atoms with Crippen molar-refractivity contribution in [2.75, 3.05) is 19.6 Å². The van der Waals surface area contributed by atoms with Crippen LogP contribution in [0.3, 0.4) is 0 Å². The number of carbonyl (C=O) groups is 2. The van der Waals surface area contributed by atoms with Crippen LogP contribution in [0.2, 0.25) is 0 Å². The van der Waals surface area contributed by atoms with E-state index in [4.69, 9.17) is 0 Å². The average Bonchev–Trinajstić information content (AvgIpc) is 2.47. The predicted molar refractivity (Wildman–Crippen MR) is 76.6 cm³/mol. The Kier molecular flexibility index (Phi) is 4.55. The molecule has 2 aliphatic rings. The van der Waals surface area contributed by atoms with E-state index < -0.39 is 11.5 Å². The zero-order valence-electron chi connectivity index (χ0n) is 12.6. The van der Waals surface area contributed by atoms with Gasteiger partial charge in [0, 0.05) is 19.6 Å². The fourth-order valence-corrected chi connectivity index (χ4v) is 3.35. The van der Waals surface area contributed by atoms with Crippen LogP contribution >= 0.6 is 0 Å². The smallest absolute Gasteiger partial charge is 0.329 e. The molecule has 0 aromatic carbocycles. The van der Waals surface area contributed by atoms with Gasteiger partial charge in [-0.05, 0) is 44.9 Å². The zero-order valence-corrected chi connectivity index (χ0v) is 12.6. The summed E-state index contributed by atoms with van der Waals surface area (Å²) in [6.07, 6.45) is 5.59. The molecule has 2 saturated heterocycles. The van der Waals surface area contributed by atoms with E-state index in [1.54, 1.807) is 11.8 Å². The summed E-state index contributed by atoms with van der Waals surface area (Å²) in [7, 11) is 0. The van der Waals surface area contributed by atoms with E-state index in [9.17, 15) is 14.7 Å². The SMILES string of the molecule is CCC1CCN(C(=O)N2CCCCC2(C)C(=O)O)CC1. The standard InChI is InChI=1S/C15H26N2O3/c1-3-12-6-10-16(11-7-12)14(20)17-9-5-4-8-15(17,2)13(18)19/h12H,3-11H2,1-2H3,(H,18,19). The first-order valence-corrected chi connectivity index (χ1v) is 7.79. The number of urea groups is 1. The Labute approximate surface area is 120 Å². The predicted octanol–water partition coefficient (Wildman–Crippen LogP) is 2.56. The van der Waals surface area contributed by atoms with Crippen molar-refractivity contribution in [1.82, 2.24) is 9.80 Å². The number of likely N-dealkylation sites (tertiary alicyclic amines) is 2. The van der Waals surface area contributed by atoms with Gasteiger partial charge in [-0.25, -0.2) is 9.59 Å². The van der Waals surface area contributed by atoms with Crippen molar-refractivity contribution in [3.63, 3.8) is 0 Å². The summed E-state index contributed by atoms with van der Waals surface area (Å²) in [6.45, 7) is 5.97. The Hall–Kier alpha value is -1.26. The number of nitrogens with zero attached hydrogens (tertiary/aromatic N) is 2. The average molecular weight is 282 g/mol. The molecular formula is C15H26N2O3. The molecule has 2 aliphatic heterocycles. The molecule has 2 amide bonds. The molecule has 1 unspecified atom stereocenters. The number of carbonyl (C=O) groups excluding carboxylic acids is 1. The van der Waals surface area contributed by atoms with Crippen molar-refractivity contribution in [2.45, 2.75) is 57.9 Å². The van der Waals surface area contributed by atoms with Crippen LogP contribution in [0.5, 0.6) is 0 Å². The summed E-state index contributed by atoms with van der Waals surface area (Å²) < 4.78 is 0. The summed E-state index contributed by atoms with van der Waals surface area (Å²) in [5.74, 6) is -0.166. The van der Waals surface area contributed by atoms with Crippen molar-refractivity contribution >= 4 is 12.0 Å². The van der Waals surface area contributed by atoms with E-state index in [0.29, 0.717) is 18.9 Å². The third kappa shape index (κ3) is 2.76. The number of aliphatic carboxylic acids is 1. The monoisotopic (exact) mass is 282 g/mol. The van der Waals surface area contributed by atoms with Crippen LogP contribution < -0.4 is 0 Å². The third-order valence-electron chi connectivity index (χ3n) is 5.05. The van der Waals surface area contributed by atoms with E-state index in [1.807, 2.05) is 4.90 Å². The number of piperidine rings is 2. The number of carboxylic acids is 1. The fourth-order valence-electron chi connectivity index (χ4n) is 3.35. The molecule has 0 aliphatic carbocycles. The van der Waals surface area contributed by atoms with Crippen LogP contribution in [0, 0.1) is 5.92 Å². The van der Waals surface area contributed by atoms with E-state index in [-0.39, 0.29) is 6.03 Å². The maximum atomic E-state index is 12.7. The number of rotatable bonds is 2. The maximum absolute atomic E-state index is 12.7. The Morgan fingerprint density at radius 1 is 1.20 bits per heavy atom. The van der Waals surface area contributed by atoms with E-state index in [1.165, 1.54) is 6.42 Å². The molecular weight excluding hydrogens is 256 g/mol. The van der Waals surface area contributed by atoms with Crippen molar-refractivity contribution < 1.29 is 14.7 Å². The normalized spacial score (nSPS) is 28.5. The van der Waals surface area contributed by atoms with Crippen LogP contribution in [-0.4, -0.2) is 52.1 Å². The van der Waals surface area contributed by atoms with Crippen LogP contribution in [0.25, 0.3) is 0 Å². The van der Waals surface area contributed by atoms with Gasteiger partial charge in [0.05, 0.1) is 0 Å². The van der Waals surface area contributed by atoms with Gasteiger partial charge in [0.1, 0.15) is 5.54 Å². The number of carboxylic acid groups (broad SMARTS) is 1. The largest absolute Gasteiger partial charge is 0.480 e. The van der Waals surface area contributed by atoms with Gasteiger partial charge in [0.15, 0.2) is 0 Å². The molecule has 0 spiro atoms. The lowest BCUT2D eigenvalue weighted by molar-refractivity contribution is -0.150. The summed E-state index contributed by atoms with van der Waals surface area (Å²) in [4.78, 5) is 27.7. The van der Waals surface area contributed by atoms with Crippen LogP contribution in [0.4, 0.5) is 4.79 Å². The molecule has 114 valence electrons. The Bertz CT molecular complexity index is 377. The van der Waals surface area contributed by atoms with Crippen molar-refractivity contribution in [2.24, 2.45) is 5.92 Å². The molecule has 2 fully saturated rings. The van der Waals surface area contributed by atoms with Crippen LogP contribution in [0.15, 0.2) is 0 Å². The minimum absolute atomic E-state index is 0.0795. The molecule has 0 bridgehead atoms. The summed E-state index contributed by atoms with van der Waals surface area (Å²) in [5, 5.41) is 9.48. The number of amides is 2. The molecule has 2 heterocycles. The number of hydrogen-bond acceptors (Lipinski definition) is 2. The summed E-state index contributed by atoms with van der Waals surface area (Å²) in [5.41, 5.74) is -1.03. The van der Waals surface area contributed by atoms with Crippen molar-refractivity contribution in [3.05, 3.63) is 0 Å². The minimum Gasteiger partial charge on any atom is -0.480 e. The molecule has 5 nitrogen and oxygen atoms in total. The first-order valence-electron chi connectivity index (χ1n) is 7.79. The zero-order chi connectivity index (χ0) is 14.8. The van der Waals surface area contributed by atoms with Gasteiger partial charge in [-0.1, -0.05) is 13.3 Å². The Morgan fingerprint density at radius 2 is 1.85 bits per heavy atom. The van der Waals surface area contributed by atoms with E-state index in [2.05, 4.69) is 6.92 Å². The molecule has 1 atom stereocenters. The molecule has 20 heavy (non-hydrogen) atoms. The maximum Gasteiger partial charge on any atom is 0.329 e. The second kappa shape index (κ2) is 6.02. The van der Waals surface area contributed by atoms with E-state index >= 15 is 0 Å². The minimum atomic E-state index is -1.03. The molecule has 0 saturated carbocycles. The quantitative estimate of drug-likeness (QED) is 0.846. The highest BCUT2D eigenvalue weighted by Crippen LogP contribution is 2.30. The first-order chi connectivity index (χ1) is 9.49. The molecule has 1 N–H and O–H groups in total. The van der Waals surface area contributed by atoms with Gasteiger partial charge < -0.3 is 14.9 Å². The second-order valence-corrected chi connectivity index (χ2v) is 6.31. The third-order valence-corrected chi connectivity index (χ3v) is 5.05. The highest BCUT2D eigenvalue weighted by atomic mass is 16.4. The highest BCUT2D eigenvalue weighted by molar-refractivity contribution is 5.86. The lowest BCUT2D eigenvalue weighted by Crippen LogP contribution is -2.61. The molecule has 0 aromatic rings. The van der Waals surface area contributed by atoms with Gasteiger partial charge >= 0.3 is 12.0 Å². The highest BCUT2D eigenvalue weighted by Gasteiger charge is 2.45. The molecule has 5 heteroatoms. The van der Waals surface area contributed by atoms with Crippen molar-refractivity contribution in [1.29, 1.82) is 0 Å².